The Bertz CT molecular complexity index is 647. The second-order valence-corrected chi connectivity index (χ2v) is 7.91. The molecule has 4 heterocycles. The van der Waals surface area contributed by atoms with Gasteiger partial charge in [0.25, 0.3) is 5.91 Å². The third-order valence-electron chi connectivity index (χ3n) is 6.32. The lowest BCUT2D eigenvalue weighted by atomic mass is 9.92. The molecule has 0 radical (unpaired) electrons. The molecule has 3 aliphatic rings. The lowest BCUT2D eigenvalue weighted by Gasteiger charge is -2.35. The van der Waals surface area contributed by atoms with E-state index in [9.17, 15) is 9.59 Å². The van der Waals surface area contributed by atoms with Crippen molar-refractivity contribution in [2.75, 3.05) is 39.3 Å². The molecule has 3 saturated heterocycles. The van der Waals surface area contributed by atoms with Gasteiger partial charge in [-0.3, -0.25) is 14.6 Å². The Morgan fingerprint density at radius 1 is 0.929 bits per heavy atom. The molecule has 8 heteroatoms. The first kappa shape index (κ1) is 22.9. The molecule has 28 heavy (non-hydrogen) atoms. The molecule has 3 aliphatic heterocycles. The molecular formula is C20H30Cl2N4O2. The largest absolute Gasteiger partial charge is 0.342 e. The van der Waals surface area contributed by atoms with Gasteiger partial charge in [-0.2, -0.15) is 0 Å². The van der Waals surface area contributed by atoms with Crippen LogP contribution in [0.5, 0.6) is 0 Å². The molecule has 0 bridgehead atoms. The Morgan fingerprint density at radius 3 is 2.21 bits per heavy atom. The summed E-state index contributed by atoms with van der Waals surface area (Å²) in [5.74, 6) is 1.67. The predicted molar refractivity (Wildman–Crippen MR) is 113 cm³/mol. The van der Waals surface area contributed by atoms with Crippen molar-refractivity contribution in [1.82, 2.24) is 20.1 Å². The lowest BCUT2D eigenvalue weighted by Crippen LogP contribution is -2.47. The van der Waals surface area contributed by atoms with E-state index in [2.05, 4.69) is 15.2 Å². The van der Waals surface area contributed by atoms with Crippen molar-refractivity contribution in [3.05, 3.63) is 30.1 Å². The second kappa shape index (κ2) is 10.4. The Balaban J connectivity index is 0.00000140. The van der Waals surface area contributed by atoms with Crippen molar-refractivity contribution >= 4 is 36.6 Å². The van der Waals surface area contributed by atoms with Crippen LogP contribution >= 0.6 is 24.8 Å². The van der Waals surface area contributed by atoms with Gasteiger partial charge >= 0.3 is 0 Å². The number of halogens is 2. The molecule has 4 rings (SSSR count). The minimum absolute atomic E-state index is 0. The van der Waals surface area contributed by atoms with Gasteiger partial charge in [-0.05, 0) is 62.7 Å². The fraction of sp³-hybridized carbons (Fsp3) is 0.650. The average Bonchev–Trinajstić information content (AvgIpc) is 3.06. The van der Waals surface area contributed by atoms with E-state index in [0.29, 0.717) is 12.1 Å². The maximum atomic E-state index is 13.1. The number of hydrogen-bond donors (Lipinski definition) is 1. The number of carbonyl (C=O) groups is 2. The summed E-state index contributed by atoms with van der Waals surface area (Å²) in [4.78, 5) is 33.7. The average molecular weight is 429 g/mol. The van der Waals surface area contributed by atoms with E-state index < -0.39 is 0 Å². The SMILES string of the molecule is Cl.Cl.O=C(c1ccncc1)N1CCCC(C(=O)N2CC[C@@H]3CNC[C@@H]3CC2)C1. The van der Waals surface area contributed by atoms with Crippen LogP contribution in [0.4, 0.5) is 0 Å². The van der Waals surface area contributed by atoms with E-state index in [-0.39, 0.29) is 42.5 Å². The monoisotopic (exact) mass is 428 g/mol. The van der Waals surface area contributed by atoms with Crippen LogP contribution in [0.3, 0.4) is 0 Å². The van der Waals surface area contributed by atoms with Crippen molar-refractivity contribution in [3.8, 4) is 0 Å². The minimum Gasteiger partial charge on any atom is -0.342 e. The molecule has 1 aromatic rings. The zero-order chi connectivity index (χ0) is 17.9. The molecule has 2 amide bonds. The molecule has 1 aromatic heterocycles. The van der Waals surface area contributed by atoms with Gasteiger partial charge in [0.05, 0.1) is 5.92 Å². The third kappa shape index (κ3) is 4.97. The van der Waals surface area contributed by atoms with Gasteiger partial charge in [0.15, 0.2) is 0 Å². The third-order valence-corrected chi connectivity index (χ3v) is 6.32. The molecule has 156 valence electrons. The Kier molecular flexibility index (Phi) is 8.53. The van der Waals surface area contributed by atoms with Crippen LogP contribution in [0, 0.1) is 17.8 Å². The summed E-state index contributed by atoms with van der Waals surface area (Å²) >= 11 is 0. The molecule has 3 atom stereocenters. The smallest absolute Gasteiger partial charge is 0.253 e. The van der Waals surface area contributed by atoms with Crippen LogP contribution in [-0.4, -0.2) is 65.9 Å². The Labute approximate surface area is 179 Å². The number of fused-ring (bicyclic) bond motifs is 1. The first-order chi connectivity index (χ1) is 12.7. The van der Waals surface area contributed by atoms with Crippen molar-refractivity contribution in [2.45, 2.75) is 25.7 Å². The minimum atomic E-state index is -0.0504. The van der Waals surface area contributed by atoms with Crippen molar-refractivity contribution in [2.24, 2.45) is 17.8 Å². The molecule has 3 fully saturated rings. The van der Waals surface area contributed by atoms with Crippen LogP contribution in [0.1, 0.15) is 36.0 Å². The lowest BCUT2D eigenvalue weighted by molar-refractivity contribution is -0.137. The van der Waals surface area contributed by atoms with Crippen LogP contribution in [0.15, 0.2) is 24.5 Å². The highest BCUT2D eigenvalue weighted by molar-refractivity contribution is 5.94. The van der Waals surface area contributed by atoms with E-state index in [4.69, 9.17) is 0 Å². The van der Waals surface area contributed by atoms with Crippen molar-refractivity contribution < 1.29 is 9.59 Å². The van der Waals surface area contributed by atoms with E-state index in [0.717, 1.165) is 70.2 Å². The zero-order valence-corrected chi connectivity index (χ0v) is 17.7. The van der Waals surface area contributed by atoms with E-state index in [1.165, 1.54) is 0 Å². The van der Waals surface area contributed by atoms with Gasteiger partial charge < -0.3 is 15.1 Å². The summed E-state index contributed by atoms with van der Waals surface area (Å²) in [5, 5.41) is 3.48. The molecule has 1 unspecified atom stereocenters. The predicted octanol–water partition coefficient (Wildman–Crippen LogP) is 2.24. The standard InChI is InChI=1S/C20H28N4O2.2ClH/c25-19(15-3-7-21-8-4-15)24-9-1-2-18(14-24)20(26)23-10-5-16-12-22-13-17(16)6-11-23;;/h3-4,7-8,16-18,22H,1-2,5-6,9-14H2;2*1H/t16-,17+,18?;;. The van der Waals surface area contributed by atoms with E-state index >= 15 is 0 Å². The fourth-order valence-electron chi connectivity index (χ4n) is 4.74. The van der Waals surface area contributed by atoms with Crippen LogP contribution in [0.25, 0.3) is 0 Å². The fourth-order valence-corrected chi connectivity index (χ4v) is 4.74. The Morgan fingerprint density at radius 2 is 1.57 bits per heavy atom. The van der Waals surface area contributed by atoms with Gasteiger partial charge in [0.2, 0.25) is 5.91 Å². The highest BCUT2D eigenvalue weighted by atomic mass is 35.5. The van der Waals surface area contributed by atoms with Gasteiger partial charge in [-0.15, -0.1) is 24.8 Å². The van der Waals surface area contributed by atoms with Crippen LogP contribution in [0.2, 0.25) is 0 Å². The molecule has 0 spiro atoms. The van der Waals surface area contributed by atoms with Gasteiger partial charge in [-0.25, -0.2) is 0 Å². The number of amides is 2. The summed E-state index contributed by atoms with van der Waals surface area (Å²) in [6.07, 6.45) is 7.29. The summed E-state index contributed by atoms with van der Waals surface area (Å²) in [5.41, 5.74) is 0.656. The van der Waals surface area contributed by atoms with Gasteiger partial charge in [-0.1, -0.05) is 0 Å². The molecule has 0 aromatic carbocycles. The number of piperidine rings is 1. The number of rotatable bonds is 2. The highest BCUT2D eigenvalue weighted by Gasteiger charge is 2.35. The molecule has 6 nitrogen and oxygen atoms in total. The Hall–Kier alpha value is -1.37. The van der Waals surface area contributed by atoms with E-state index in [1.807, 2.05) is 4.90 Å². The van der Waals surface area contributed by atoms with Crippen LogP contribution in [-0.2, 0) is 4.79 Å². The number of aromatic nitrogens is 1. The topological polar surface area (TPSA) is 65.5 Å². The molecule has 0 saturated carbocycles. The van der Waals surface area contributed by atoms with Gasteiger partial charge in [0.1, 0.15) is 0 Å². The highest BCUT2D eigenvalue weighted by Crippen LogP contribution is 2.29. The molecular weight excluding hydrogens is 399 g/mol. The van der Waals surface area contributed by atoms with Gasteiger partial charge in [0, 0.05) is 44.1 Å². The number of nitrogens with one attached hydrogen (secondary N) is 1. The summed E-state index contributed by atoms with van der Waals surface area (Å²) in [7, 11) is 0. The second-order valence-electron chi connectivity index (χ2n) is 7.91. The van der Waals surface area contributed by atoms with E-state index in [1.54, 1.807) is 24.5 Å². The zero-order valence-electron chi connectivity index (χ0n) is 16.1. The number of pyridine rings is 1. The van der Waals surface area contributed by atoms with Crippen molar-refractivity contribution in [1.29, 1.82) is 0 Å². The van der Waals surface area contributed by atoms with Crippen molar-refractivity contribution in [3.63, 3.8) is 0 Å². The normalized spacial score (nSPS) is 27.1. The van der Waals surface area contributed by atoms with Crippen LogP contribution < -0.4 is 5.32 Å². The first-order valence-electron chi connectivity index (χ1n) is 9.91. The summed E-state index contributed by atoms with van der Waals surface area (Å²) < 4.78 is 0. The molecule has 0 aliphatic carbocycles. The molecule has 1 N–H and O–H groups in total. The summed E-state index contributed by atoms with van der Waals surface area (Å²) in [6.45, 7) is 5.23. The number of likely N-dealkylation sites (tertiary alicyclic amines) is 2. The first-order valence-corrected chi connectivity index (χ1v) is 9.91. The maximum absolute atomic E-state index is 13.1. The number of carbonyl (C=O) groups excluding carboxylic acids is 2. The quantitative estimate of drug-likeness (QED) is 0.783. The number of hydrogen-bond acceptors (Lipinski definition) is 4. The summed E-state index contributed by atoms with van der Waals surface area (Å²) in [6, 6.07) is 3.49. The maximum Gasteiger partial charge on any atom is 0.253 e. The number of nitrogens with zero attached hydrogens (tertiary/aromatic N) is 3.